The highest BCUT2D eigenvalue weighted by Gasteiger charge is 2.20. The first-order valence-corrected chi connectivity index (χ1v) is 8.09. The average molecular weight is 358 g/mol. The van der Waals surface area contributed by atoms with Gasteiger partial charge in [-0.1, -0.05) is 28.1 Å². The van der Waals surface area contributed by atoms with Gasteiger partial charge in [0.1, 0.15) is 5.82 Å². The molecule has 0 aliphatic carbocycles. The highest BCUT2D eigenvalue weighted by Crippen LogP contribution is 2.19. The lowest BCUT2D eigenvalue weighted by atomic mass is 10.2. The lowest BCUT2D eigenvalue weighted by molar-refractivity contribution is 0.466. The number of sulfonamides is 1. The molecule has 0 N–H and O–H groups in total. The summed E-state index contributed by atoms with van der Waals surface area (Å²) in [5.74, 6) is -0.341. The number of hydrogen-bond acceptors (Lipinski definition) is 2. The molecule has 0 fully saturated rings. The van der Waals surface area contributed by atoms with Crippen molar-refractivity contribution in [3.8, 4) is 0 Å². The molecule has 0 spiro atoms. The van der Waals surface area contributed by atoms with Crippen LogP contribution in [0.5, 0.6) is 0 Å². The van der Waals surface area contributed by atoms with Crippen molar-refractivity contribution < 1.29 is 12.8 Å². The van der Waals surface area contributed by atoms with Crippen LogP contribution in [0.4, 0.5) is 4.39 Å². The molecule has 0 unspecified atom stereocenters. The van der Waals surface area contributed by atoms with E-state index in [2.05, 4.69) is 15.9 Å². The summed E-state index contributed by atoms with van der Waals surface area (Å²) in [5.41, 5.74) is 0.731. The molecule has 0 amide bonds. The maximum absolute atomic E-state index is 12.8. The fourth-order valence-corrected chi connectivity index (χ4v) is 3.14. The normalized spacial score (nSPS) is 11.8. The average Bonchev–Trinajstić information content (AvgIpc) is 2.42. The summed E-state index contributed by atoms with van der Waals surface area (Å²) >= 11 is 3.27. The van der Waals surface area contributed by atoms with Crippen molar-refractivity contribution >= 4 is 26.0 Å². The van der Waals surface area contributed by atoms with Gasteiger partial charge in [0, 0.05) is 18.1 Å². The van der Waals surface area contributed by atoms with Crippen LogP contribution in [0.2, 0.25) is 0 Å². The van der Waals surface area contributed by atoms with Crippen LogP contribution < -0.4 is 0 Å². The first kappa shape index (κ1) is 15.2. The van der Waals surface area contributed by atoms with E-state index in [1.54, 1.807) is 36.4 Å². The molecule has 0 aliphatic rings. The minimum Gasteiger partial charge on any atom is -0.207 e. The van der Waals surface area contributed by atoms with Gasteiger partial charge < -0.3 is 0 Å². The predicted molar refractivity (Wildman–Crippen MR) is 79.2 cm³/mol. The molecular weight excluding hydrogens is 345 g/mol. The third kappa shape index (κ3) is 3.45. The summed E-state index contributed by atoms with van der Waals surface area (Å²) in [7, 11) is -2.04. The van der Waals surface area contributed by atoms with E-state index in [1.165, 1.54) is 23.5 Å². The Labute approximate surface area is 126 Å². The minimum absolute atomic E-state index is 0.193. The van der Waals surface area contributed by atoms with Gasteiger partial charge in [0.15, 0.2) is 0 Å². The monoisotopic (exact) mass is 357 g/mol. The third-order valence-electron chi connectivity index (χ3n) is 2.84. The Morgan fingerprint density at radius 2 is 1.60 bits per heavy atom. The first-order chi connectivity index (χ1) is 9.39. The molecule has 2 rings (SSSR count). The molecule has 106 valence electrons. The quantitative estimate of drug-likeness (QED) is 0.840. The maximum atomic E-state index is 12.8. The number of halogens is 2. The molecule has 0 heterocycles. The van der Waals surface area contributed by atoms with Crippen molar-refractivity contribution in [2.45, 2.75) is 11.4 Å². The Kier molecular flexibility index (Phi) is 4.57. The Morgan fingerprint density at radius 1 is 1.05 bits per heavy atom. The van der Waals surface area contributed by atoms with Gasteiger partial charge in [0.25, 0.3) is 0 Å². The van der Waals surface area contributed by atoms with Gasteiger partial charge in [0.05, 0.1) is 4.90 Å². The van der Waals surface area contributed by atoms with E-state index in [0.717, 1.165) is 10.0 Å². The van der Waals surface area contributed by atoms with Crippen molar-refractivity contribution in [1.29, 1.82) is 0 Å². The van der Waals surface area contributed by atoms with E-state index in [1.807, 2.05) is 0 Å². The highest BCUT2D eigenvalue weighted by atomic mass is 79.9. The van der Waals surface area contributed by atoms with E-state index in [4.69, 9.17) is 0 Å². The Morgan fingerprint density at radius 3 is 2.15 bits per heavy atom. The molecule has 0 aromatic heterocycles. The van der Waals surface area contributed by atoms with Crippen LogP contribution >= 0.6 is 15.9 Å². The number of nitrogens with zero attached hydrogens (tertiary/aromatic N) is 1. The van der Waals surface area contributed by atoms with E-state index >= 15 is 0 Å². The molecule has 0 atom stereocenters. The summed E-state index contributed by atoms with van der Waals surface area (Å²) in [6.45, 7) is 0.193. The largest absolute Gasteiger partial charge is 0.243 e. The lowest BCUT2D eigenvalue weighted by Gasteiger charge is -2.17. The zero-order valence-corrected chi connectivity index (χ0v) is 13.2. The second-order valence-corrected chi connectivity index (χ2v) is 7.30. The number of hydrogen-bond donors (Lipinski definition) is 0. The first-order valence-electron chi connectivity index (χ1n) is 5.86. The van der Waals surface area contributed by atoms with Crippen molar-refractivity contribution in [2.75, 3.05) is 7.05 Å². The molecule has 0 saturated carbocycles. The van der Waals surface area contributed by atoms with Crippen LogP contribution in [-0.4, -0.2) is 19.8 Å². The molecule has 2 aromatic carbocycles. The van der Waals surface area contributed by atoms with Gasteiger partial charge >= 0.3 is 0 Å². The fourth-order valence-electron chi connectivity index (χ4n) is 1.72. The van der Waals surface area contributed by atoms with E-state index in [9.17, 15) is 12.8 Å². The van der Waals surface area contributed by atoms with Crippen molar-refractivity contribution in [3.63, 3.8) is 0 Å². The van der Waals surface area contributed by atoms with Gasteiger partial charge in [0.2, 0.25) is 10.0 Å². The smallest absolute Gasteiger partial charge is 0.207 e. The summed E-state index contributed by atoms with van der Waals surface area (Å²) in [6, 6.07) is 12.2. The molecule has 0 aliphatic heterocycles. The van der Waals surface area contributed by atoms with Crippen LogP contribution in [0, 0.1) is 5.82 Å². The summed E-state index contributed by atoms with van der Waals surface area (Å²) < 4.78 is 39.6. The summed E-state index contributed by atoms with van der Waals surface area (Å²) in [4.78, 5) is 0.227. The molecular formula is C14H13BrFNO2S. The van der Waals surface area contributed by atoms with Crippen LogP contribution in [0.15, 0.2) is 57.9 Å². The summed E-state index contributed by atoms with van der Waals surface area (Å²) in [5, 5.41) is 0. The number of rotatable bonds is 4. The molecule has 0 bridgehead atoms. The standard InChI is InChI=1S/C14H13BrFNO2S/c1-17(10-11-2-6-13(16)7-3-11)20(18,19)14-8-4-12(15)5-9-14/h2-9H,10H2,1H3. The third-order valence-corrected chi connectivity index (χ3v) is 5.19. The SMILES string of the molecule is CN(Cc1ccc(F)cc1)S(=O)(=O)c1ccc(Br)cc1. The Bertz CT molecular complexity index is 684. The number of benzene rings is 2. The van der Waals surface area contributed by atoms with E-state index in [-0.39, 0.29) is 17.3 Å². The predicted octanol–water partition coefficient (Wildman–Crippen LogP) is 3.41. The molecule has 2 aromatic rings. The molecule has 6 heteroatoms. The van der Waals surface area contributed by atoms with Crippen molar-refractivity contribution in [3.05, 3.63) is 64.4 Å². The zero-order valence-electron chi connectivity index (χ0n) is 10.8. The van der Waals surface area contributed by atoms with Gasteiger partial charge in [-0.05, 0) is 42.0 Å². The molecule has 0 saturated heterocycles. The zero-order chi connectivity index (χ0) is 14.8. The van der Waals surface area contributed by atoms with Gasteiger partial charge in [-0.3, -0.25) is 0 Å². The van der Waals surface area contributed by atoms with Crippen LogP contribution in [0.1, 0.15) is 5.56 Å². The van der Waals surface area contributed by atoms with Crippen molar-refractivity contribution in [1.82, 2.24) is 4.31 Å². The maximum Gasteiger partial charge on any atom is 0.243 e. The van der Waals surface area contributed by atoms with Gasteiger partial charge in [-0.2, -0.15) is 4.31 Å². The van der Waals surface area contributed by atoms with Crippen LogP contribution in [-0.2, 0) is 16.6 Å². The minimum atomic E-state index is -3.55. The second kappa shape index (κ2) is 6.03. The second-order valence-electron chi connectivity index (χ2n) is 4.34. The van der Waals surface area contributed by atoms with E-state index in [0.29, 0.717) is 0 Å². The lowest BCUT2D eigenvalue weighted by Crippen LogP contribution is -2.26. The fraction of sp³-hybridized carbons (Fsp3) is 0.143. The van der Waals surface area contributed by atoms with Crippen molar-refractivity contribution in [2.24, 2.45) is 0 Å². The van der Waals surface area contributed by atoms with Crippen LogP contribution in [0.3, 0.4) is 0 Å². The Balaban J connectivity index is 2.21. The van der Waals surface area contributed by atoms with E-state index < -0.39 is 10.0 Å². The highest BCUT2D eigenvalue weighted by molar-refractivity contribution is 9.10. The Hall–Kier alpha value is -1.24. The van der Waals surface area contributed by atoms with Gasteiger partial charge in [-0.25, -0.2) is 12.8 Å². The molecule has 20 heavy (non-hydrogen) atoms. The molecule has 3 nitrogen and oxygen atoms in total. The molecule has 0 radical (unpaired) electrons. The van der Waals surface area contributed by atoms with Gasteiger partial charge in [-0.15, -0.1) is 0 Å². The van der Waals surface area contributed by atoms with Crippen LogP contribution in [0.25, 0.3) is 0 Å². The topological polar surface area (TPSA) is 37.4 Å². The summed E-state index contributed by atoms with van der Waals surface area (Å²) in [6.07, 6.45) is 0.